The maximum atomic E-state index is 11.8. The lowest BCUT2D eigenvalue weighted by atomic mass is 10.1. The summed E-state index contributed by atoms with van der Waals surface area (Å²) in [7, 11) is 0. The number of hydrogen-bond donors (Lipinski definition) is 3. The standard InChI is InChI=1S/C17H19N3O2/c1-12-7-3-5-9-15(12)18-11-17(22)20-19-13(2)14-8-4-6-10-16(14)21/h3-10,18,21H,11H2,1-2H3,(H,20,22). The molecule has 0 bridgehead atoms. The molecule has 0 saturated carbocycles. The fourth-order valence-electron chi connectivity index (χ4n) is 1.97. The van der Waals surface area contributed by atoms with Crippen LogP contribution in [-0.4, -0.2) is 23.3 Å². The highest BCUT2D eigenvalue weighted by atomic mass is 16.3. The molecule has 5 heteroatoms. The summed E-state index contributed by atoms with van der Waals surface area (Å²) in [6.07, 6.45) is 0. The molecule has 0 atom stereocenters. The number of nitrogens with one attached hydrogen (secondary N) is 2. The Morgan fingerprint density at radius 2 is 1.82 bits per heavy atom. The second-order valence-corrected chi connectivity index (χ2v) is 4.92. The lowest BCUT2D eigenvalue weighted by molar-refractivity contribution is -0.119. The van der Waals surface area contributed by atoms with E-state index in [9.17, 15) is 9.90 Å². The van der Waals surface area contributed by atoms with Gasteiger partial charge >= 0.3 is 0 Å². The summed E-state index contributed by atoms with van der Waals surface area (Å²) in [5.41, 5.74) is 5.60. The third-order valence-corrected chi connectivity index (χ3v) is 3.23. The summed E-state index contributed by atoms with van der Waals surface area (Å²) >= 11 is 0. The van der Waals surface area contributed by atoms with Gasteiger partial charge in [0.15, 0.2) is 0 Å². The monoisotopic (exact) mass is 297 g/mol. The molecular formula is C17H19N3O2. The van der Waals surface area contributed by atoms with E-state index in [1.807, 2.05) is 31.2 Å². The number of amides is 1. The van der Waals surface area contributed by atoms with Crippen molar-refractivity contribution in [2.75, 3.05) is 11.9 Å². The predicted octanol–water partition coefficient (Wildman–Crippen LogP) is 2.65. The second-order valence-electron chi connectivity index (χ2n) is 4.92. The molecule has 0 aliphatic carbocycles. The van der Waals surface area contributed by atoms with E-state index in [0.717, 1.165) is 11.3 Å². The SMILES string of the molecule is CC(=NNC(=O)CNc1ccccc1C)c1ccccc1O. The van der Waals surface area contributed by atoms with Crippen molar-refractivity contribution in [2.45, 2.75) is 13.8 Å². The molecule has 0 saturated heterocycles. The molecule has 0 fully saturated rings. The summed E-state index contributed by atoms with van der Waals surface area (Å²) < 4.78 is 0. The van der Waals surface area contributed by atoms with E-state index in [1.165, 1.54) is 0 Å². The van der Waals surface area contributed by atoms with Gasteiger partial charge in [-0.3, -0.25) is 4.79 Å². The molecule has 0 aliphatic heterocycles. The average molecular weight is 297 g/mol. The predicted molar refractivity (Wildman–Crippen MR) is 88.1 cm³/mol. The lowest BCUT2D eigenvalue weighted by Gasteiger charge is -2.08. The fourth-order valence-corrected chi connectivity index (χ4v) is 1.97. The maximum Gasteiger partial charge on any atom is 0.259 e. The minimum Gasteiger partial charge on any atom is -0.507 e. The Morgan fingerprint density at radius 3 is 2.55 bits per heavy atom. The Bertz CT molecular complexity index is 696. The molecule has 2 rings (SSSR count). The van der Waals surface area contributed by atoms with Gasteiger partial charge in [0.05, 0.1) is 12.3 Å². The van der Waals surface area contributed by atoms with Gasteiger partial charge in [0, 0.05) is 11.3 Å². The molecule has 1 amide bonds. The van der Waals surface area contributed by atoms with Crippen molar-refractivity contribution >= 4 is 17.3 Å². The third kappa shape index (κ3) is 4.09. The molecule has 0 unspecified atom stereocenters. The summed E-state index contributed by atoms with van der Waals surface area (Å²) in [6, 6.07) is 14.6. The van der Waals surface area contributed by atoms with Crippen LogP contribution in [-0.2, 0) is 4.79 Å². The van der Waals surface area contributed by atoms with E-state index in [-0.39, 0.29) is 18.2 Å². The normalized spacial score (nSPS) is 11.1. The molecule has 0 spiro atoms. The van der Waals surface area contributed by atoms with Gasteiger partial charge in [-0.2, -0.15) is 5.10 Å². The molecule has 0 aliphatic rings. The summed E-state index contributed by atoms with van der Waals surface area (Å²) in [4.78, 5) is 11.8. The fraction of sp³-hybridized carbons (Fsp3) is 0.176. The first-order valence-corrected chi connectivity index (χ1v) is 6.99. The highest BCUT2D eigenvalue weighted by molar-refractivity contribution is 6.01. The van der Waals surface area contributed by atoms with E-state index >= 15 is 0 Å². The molecule has 5 nitrogen and oxygen atoms in total. The summed E-state index contributed by atoms with van der Waals surface area (Å²) in [5, 5.41) is 16.8. The number of rotatable bonds is 5. The van der Waals surface area contributed by atoms with Crippen molar-refractivity contribution in [1.82, 2.24) is 5.43 Å². The van der Waals surface area contributed by atoms with Crippen LogP contribution in [0.4, 0.5) is 5.69 Å². The summed E-state index contributed by atoms with van der Waals surface area (Å²) in [6.45, 7) is 3.83. The minimum atomic E-state index is -0.252. The highest BCUT2D eigenvalue weighted by Gasteiger charge is 2.05. The van der Waals surface area contributed by atoms with Crippen LogP contribution in [0.2, 0.25) is 0 Å². The zero-order valence-electron chi connectivity index (χ0n) is 12.6. The Morgan fingerprint density at radius 1 is 1.14 bits per heavy atom. The number of aromatic hydroxyl groups is 1. The Balaban J connectivity index is 1.91. The molecule has 0 radical (unpaired) electrons. The summed E-state index contributed by atoms with van der Waals surface area (Å²) in [5.74, 6) is -0.117. The molecule has 114 valence electrons. The Labute approximate surface area is 129 Å². The number of benzene rings is 2. The van der Waals surface area contributed by atoms with Gasteiger partial charge in [-0.05, 0) is 37.6 Å². The number of carbonyl (C=O) groups excluding carboxylic acids is 1. The minimum absolute atomic E-state index is 0.127. The molecule has 3 N–H and O–H groups in total. The van der Waals surface area contributed by atoms with Crippen LogP contribution in [0.15, 0.2) is 53.6 Å². The van der Waals surface area contributed by atoms with Gasteiger partial charge in [-0.25, -0.2) is 5.43 Å². The van der Waals surface area contributed by atoms with Crippen molar-refractivity contribution in [3.05, 3.63) is 59.7 Å². The number of phenolic OH excluding ortho intramolecular Hbond substituents is 1. The van der Waals surface area contributed by atoms with Gasteiger partial charge < -0.3 is 10.4 Å². The first kappa shape index (κ1) is 15.6. The topological polar surface area (TPSA) is 73.7 Å². The van der Waals surface area contributed by atoms with Crippen molar-refractivity contribution in [3.8, 4) is 5.75 Å². The number of para-hydroxylation sites is 2. The largest absolute Gasteiger partial charge is 0.507 e. The van der Waals surface area contributed by atoms with Crippen molar-refractivity contribution in [2.24, 2.45) is 5.10 Å². The zero-order chi connectivity index (χ0) is 15.9. The smallest absolute Gasteiger partial charge is 0.259 e. The molecule has 0 heterocycles. The number of nitrogens with zero attached hydrogens (tertiary/aromatic N) is 1. The van der Waals surface area contributed by atoms with E-state index in [4.69, 9.17) is 0 Å². The van der Waals surface area contributed by atoms with Gasteiger partial charge in [0.25, 0.3) is 5.91 Å². The van der Waals surface area contributed by atoms with Crippen molar-refractivity contribution in [3.63, 3.8) is 0 Å². The quantitative estimate of drug-likeness (QED) is 0.587. The molecule has 0 aromatic heterocycles. The van der Waals surface area contributed by atoms with Gasteiger partial charge in [-0.15, -0.1) is 0 Å². The van der Waals surface area contributed by atoms with Gasteiger partial charge in [-0.1, -0.05) is 30.3 Å². The molecule has 2 aromatic carbocycles. The molecular weight excluding hydrogens is 278 g/mol. The number of carbonyl (C=O) groups is 1. The second kappa shape index (κ2) is 7.26. The van der Waals surface area contributed by atoms with Crippen LogP contribution < -0.4 is 10.7 Å². The van der Waals surface area contributed by atoms with Crippen LogP contribution in [0.3, 0.4) is 0 Å². The number of aryl methyl sites for hydroxylation is 1. The average Bonchev–Trinajstić information content (AvgIpc) is 2.52. The first-order valence-electron chi connectivity index (χ1n) is 6.99. The maximum absolute atomic E-state index is 11.8. The van der Waals surface area contributed by atoms with Crippen LogP contribution in [0.5, 0.6) is 5.75 Å². The zero-order valence-corrected chi connectivity index (χ0v) is 12.6. The Kier molecular flexibility index (Phi) is 5.14. The number of anilines is 1. The van der Waals surface area contributed by atoms with Crippen LogP contribution in [0.25, 0.3) is 0 Å². The van der Waals surface area contributed by atoms with Crippen molar-refractivity contribution in [1.29, 1.82) is 0 Å². The van der Waals surface area contributed by atoms with E-state index in [0.29, 0.717) is 11.3 Å². The van der Waals surface area contributed by atoms with E-state index in [1.54, 1.807) is 31.2 Å². The number of hydrazone groups is 1. The number of hydrogen-bond acceptors (Lipinski definition) is 4. The van der Waals surface area contributed by atoms with E-state index < -0.39 is 0 Å². The van der Waals surface area contributed by atoms with Crippen LogP contribution in [0.1, 0.15) is 18.1 Å². The Hall–Kier alpha value is -2.82. The molecule has 22 heavy (non-hydrogen) atoms. The van der Waals surface area contributed by atoms with Gasteiger partial charge in [0.2, 0.25) is 0 Å². The van der Waals surface area contributed by atoms with Gasteiger partial charge in [0.1, 0.15) is 5.75 Å². The first-order chi connectivity index (χ1) is 10.6. The third-order valence-electron chi connectivity index (χ3n) is 3.23. The van der Waals surface area contributed by atoms with Crippen molar-refractivity contribution < 1.29 is 9.90 Å². The number of phenols is 1. The highest BCUT2D eigenvalue weighted by Crippen LogP contribution is 2.16. The molecule has 2 aromatic rings. The van der Waals surface area contributed by atoms with E-state index in [2.05, 4.69) is 15.8 Å². The van der Waals surface area contributed by atoms with Crippen LogP contribution >= 0.6 is 0 Å². The lowest BCUT2D eigenvalue weighted by Crippen LogP contribution is -2.27. The van der Waals surface area contributed by atoms with Crippen LogP contribution in [0, 0.1) is 6.92 Å².